The van der Waals surface area contributed by atoms with E-state index in [9.17, 15) is 0 Å². The Morgan fingerprint density at radius 3 is 2.65 bits per heavy atom. The van der Waals surface area contributed by atoms with Crippen LogP contribution in [0.3, 0.4) is 0 Å². The van der Waals surface area contributed by atoms with E-state index >= 15 is 0 Å². The Hall–Kier alpha value is -1.42. The van der Waals surface area contributed by atoms with Gasteiger partial charge in [0.25, 0.3) is 0 Å². The van der Waals surface area contributed by atoms with Crippen molar-refractivity contribution < 1.29 is 9.84 Å². The number of nitrogens with two attached hydrogens (primary N) is 1. The normalized spacial score (nSPS) is 10.6. The topological polar surface area (TPSA) is 58.7 Å². The molecule has 0 amide bonds. The van der Waals surface area contributed by atoms with Gasteiger partial charge in [-0.05, 0) is 32.4 Å². The van der Waals surface area contributed by atoms with Gasteiger partial charge in [-0.1, -0.05) is 0 Å². The minimum atomic E-state index is 0.188. The average molecular weight is 238 g/mol. The van der Waals surface area contributed by atoms with Crippen LogP contribution in [0.2, 0.25) is 0 Å². The number of hydrogen-bond donors (Lipinski definition) is 2. The maximum atomic E-state index is 8.93. The van der Waals surface area contributed by atoms with Crippen molar-refractivity contribution in [3.05, 3.63) is 18.2 Å². The number of anilines is 2. The highest BCUT2D eigenvalue weighted by atomic mass is 16.5. The second-order valence-corrected chi connectivity index (χ2v) is 4.29. The fourth-order valence-electron chi connectivity index (χ4n) is 1.80. The summed E-state index contributed by atoms with van der Waals surface area (Å²) < 4.78 is 5.21. The van der Waals surface area contributed by atoms with Gasteiger partial charge in [-0.25, -0.2) is 0 Å². The van der Waals surface area contributed by atoms with E-state index in [2.05, 4.69) is 18.7 Å². The van der Waals surface area contributed by atoms with Crippen molar-refractivity contribution in [2.24, 2.45) is 0 Å². The number of methoxy groups -OCH3 is 1. The Balaban J connectivity index is 2.99. The van der Waals surface area contributed by atoms with Crippen molar-refractivity contribution >= 4 is 11.4 Å². The summed E-state index contributed by atoms with van der Waals surface area (Å²) >= 11 is 0. The summed E-state index contributed by atoms with van der Waals surface area (Å²) in [6.45, 7) is 5.19. The van der Waals surface area contributed by atoms with Crippen LogP contribution in [-0.2, 0) is 0 Å². The van der Waals surface area contributed by atoms with E-state index in [4.69, 9.17) is 15.6 Å². The van der Waals surface area contributed by atoms with E-state index in [0.717, 1.165) is 30.1 Å². The zero-order valence-electron chi connectivity index (χ0n) is 10.8. The first kappa shape index (κ1) is 13.6. The quantitative estimate of drug-likeness (QED) is 0.743. The van der Waals surface area contributed by atoms with Crippen LogP contribution >= 0.6 is 0 Å². The zero-order chi connectivity index (χ0) is 12.8. The van der Waals surface area contributed by atoms with E-state index in [1.807, 2.05) is 18.2 Å². The number of nitrogens with zero attached hydrogens (tertiary/aromatic N) is 1. The maximum absolute atomic E-state index is 8.93. The van der Waals surface area contributed by atoms with Gasteiger partial charge in [0, 0.05) is 25.3 Å². The van der Waals surface area contributed by atoms with Crippen LogP contribution in [0, 0.1) is 0 Å². The molecule has 0 bridgehead atoms. The number of aliphatic hydroxyl groups excluding tert-OH is 1. The molecule has 0 unspecified atom stereocenters. The fourth-order valence-corrected chi connectivity index (χ4v) is 1.80. The number of nitrogen functional groups attached to an aromatic ring is 1. The minimum absolute atomic E-state index is 0.188. The standard InChI is InChI=1S/C13H22N2O2/c1-10(2)15(7-4-8-16)13-9-11(17-3)5-6-12(13)14/h5-6,9-10,16H,4,7-8,14H2,1-3H3. The lowest BCUT2D eigenvalue weighted by Crippen LogP contribution is -2.32. The first-order valence-corrected chi connectivity index (χ1v) is 5.91. The SMILES string of the molecule is COc1ccc(N)c(N(CCCO)C(C)C)c1. The second-order valence-electron chi connectivity index (χ2n) is 4.29. The number of benzene rings is 1. The predicted molar refractivity (Wildman–Crippen MR) is 71.6 cm³/mol. The van der Waals surface area contributed by atoms with Crippen LogP contribution in [0.5, 0.6) is 5.75 Å². The maximum Gasteiger partial charge on any atom is 0.121 e. The van der Waals surface area contributed by atoms with Gasteiger partial charge in [-0.2, -0.15) is 0 Å². The lowest BCUT2D eigenvalue weighted by molar-refractivity contribution is 0.288. The van der Waals surface area contributed by atoms with Crippen LogP contribution in [0.25, 0.3) is 0 Å². The Morgan fingerprint density at radius 1 is 1.41 bits per heavy atom. The summed E-state index contributed by atoms with van der Waals surface area (Å²) in [4.78, 5) is 2.17. The van der Waals surface area contributed by atoms with Gasteiger partial charge in [0.1, 0.15) is 5.75 Å². The summed E-state index contributed by atoms with van der Waals surface area (Å²) in [6, 6.07) is 5.97. The van der Waals surface area contributed by atoms with E-state index in [1.165, 1.54) is 0 Å². The lowest BCUT2D eigenvalue weighted by Gasteiger charge is -2.30. The number of rotatable bonds is 6. The van der Waals surface area contributed by atoms with Gasteiger partial charge in [0.05, 0.1) is 18.5 Å². The molecular weight excluding hydrogens is 216 g/mol. The average Bonchev–Trinajstić information content (AvgIpc) is 2.31. The van der Waals surface area contributed by atoms with Crippen LogP contribution in [0.1, 0.15) is 20.3 Å². The third kappa shape index (κ3) is 3.53. The molecular formula is C13H22N2O2. The molecule has 0 saturated heterocycles. The first-order chi connectivity index (χ1) is 8.10. The van der Waals surface area contributed by atoms with Crippen molar-refractivity contribution in [2.45, 2.75) is 26.3 Å². The molecule has 0 radical (unpaired) electrons. The molecule has 0 aromatic heterocycles. The van der Waals surface area contributed by atoms with Gasteiger partial charge in [-0.15, -0.1) is 0 Å². The molecule has 4 heteroatoms. The highest BCUT2D eigenvalue weighted by Crippen LogP contribution is 2.29. The van der Waals surface area contributed by atoms with E-state index in [0.29, 0.717) is 6.04 Å². The highest BCUT2D eigenvalue weighted by Gasteiger charge is 2.13. The summed E-state index contributed by atoms with van der Waals surface area (Å²) in [5, 5.41) is 8.93. The van der Waals surface area contributed by atoms with Crippen molar-refractivity contribution in [2.75, 3.05) is 30.9 Å². The molecule has 1 aromatic rings. The van der Waals surface area contributed by atoms with Crippen LogP contribution in [0.4, 0.5) is 11.4 Å². The van der Waals surface area contributed by atoms with Gasteiger partial charge in [0.2, 0.25) is 0 Å². The number of ether oxygens (including phenoxy) is 1. The van der Waals surface area contributed by atoms with Gasteiger partial charge in [0.15, 0.2) is 0 Å². The van der Waals surface area contributed by atoms with Crippen LogP contribution < -0.4 is 15.4 Å². The van der Waals surface area contributed by atoms with E-state index in [-0.39, 0.29) is 6.61 Å². The second kappa shape index (κ2) is 6.35. The fraction of sp³-hybridized carbons (Fsp3) is 0.538. The molecule has 96 valence electrons. The van der Waals surface area contributed by atoms with Crippen molar-refractivity contribution in [1.82, 2.24) is 0 Å². The van der Waals surface area contributed by atoms with Crippen LogP contribution in [-0.4, -0.2) is 31.4 Å². The van der Waals surface area contributed by atoms with E-state index < -0.39 is 0 Å². The molecule has 1 rings (SSSR count). The van der Waals surface area contributed by atoms with Gasteiger partial charge >= 0.3 is 0 Å². The summed E-state index contributed by atoms with van der Waals surface area (Å²) in [7, 11) is 1.64. The van der Waals surface area contributed by atoms with Gasteiger partial charge in [-0.3, -0.25) is 0 Å². The molecule has 0 saturated carbocycles. The molecule has 0 atom stereocenters. The largest absolute Gasteiger partial charge is 0.497 e. The Morgan fingerprint density at radius 2 is 2.12 bits per heavy atom. The van der Waals surface area contributed by atoms with Crippen molar-refractivity contribution in [1.29, 1.82) is 0 Å². The zero-order valence-corrected chi connectivity index (χ0v) is 10.8. The van der Waals surface area contributed by atoms with Crippen molar-refractivity contribution in [3.8, 4) is 5.75 Å². The number of hydrogen-bond acceptors (Lipinski definition) is 4. The smallest absolute Gasteiger partial charge is 0.121 e. The first-order valence-electron chi connectivity index (χ1n) is 5.91. The van der Waals surface area contributed by atoms with E-state index in [1.54, 1.807) is 7.11 Å². The highest BCUT2D eigenvalue weighted by molar-refractivity contribution is 5.70. The molecule has 17 heavy (non-hydrogen) atoms. The van der Waals surface area contributed by atoms with Crippen LogP contribution in [0.15, 0.2) is 18.2 Å². The summed E-state index contributed by atoms with van der Waals surface area (Å²) in [5.74, 6) is 0.795. The monoisotopic (exact) mass is 238 g/mol. The molecule has 4 nitrogen and oxygen atoms in total. The summed E-state index contributed by atoms with van der Waals surface area (Å²) in [5.41, 5.74) is 7.69. The van der Waals surface area contributed by atoms with Gasteiger partial charge < -0.3 is 20.5 Å². The molecule has 0 spiro atoms. The predicted octanol–water partition coefficient (Wildman–Crippen LogP) is 1.87. The molecule has 0 fully saturated rings. The molecule has 1 aromatic carbocycles. The third-order valence-electron chi connectivity index (χ3n) is 2.73. The molecule has 0 aliphatic rings. The van der Waals surface area contributed by atoms with Crippen molar-refractivity contribution in [3.63, 3.8) is 0 Å². The molecule has 0 aliphatic carbocycles. The Labute approximate surface area is 103 Å². The minimum Gasteiger partial charge on any atom is -0.497 e. The lowest BCUT2D eigenvalue weighted by atomic mass is 10.2. The number of aliphatic hydroxyl groups is 1. The Bertz CT molecular complexity index is 353. The Kier molecular flexibility index (Phi) is 5.10. The molecule has 0 heterocycles. The third-order valence-corrected chi connectivity index (χ3v) is 2.73. The molecule has 0 aliphatic heterocycles. The molecule has 3 N–H and O–H groups in total. The summed E-state index contributed by atoms with van der Waals surface area (Å²) in [6.07, 6.45) is 0.731.